The minimum atomic E-state index is -0.395. The summed E-state index contributed by atoms with van der Waals surface area (Å²) in [6, 6.07) is 29.7. The molecule has 4 rings (SSSR count). The van der Waals surface area contributed by atoms with Gasteiger partial charge in [-0.05, 0) is 62.4 Å². The number of hydrogen-bond acceptors (Lipinski definition) is 3. The van der Waals surface area contributed by atoms with Crippen LogP contribution < -0.4 is 0 Å². The SMILES string of the molecule is CC(C)[C@@H](B1OC(C)(C)C(C)(C)O1)[C@@H](c1cccc(Cl)c1)N(Cc1ccccc1)Cc1ccccc1. The van der Waals surface area contributed by atoms with Crippen LogP contribution in [0.1, 0.15) is 64.3 Å². The van der Waals surface area contributed by atoms with Gasteiger partial charge in [0, 0.05) is 30.0 Å². The lowest BCUT2D eigenvalue weighted by Crippen LogP contribution is -2.41. The van der Waals surface area contributed by atoms with Crippen LogP contribution in [-0.2, 0) is 22.4 Å². The fourth-order valence-corrected chi connectivity index (χ4v) is 5.33. The summed E-state index contributed by atoms with van der Waals surface area (Å²) in [7, 11) is -0.340. The molecule has 1 saturated heterocycles. The summed E-state index contributed by atoms with van der Waals surface area (Å²) < 4.78 is 13.4. The quantitative estimate of drug-likeness (QED) is 0.275. The third-order valence-electron chi connectivity index (χ3n) is 7.76. The van der Waals surface area contributed by atoms with E-state index in [2.05, 4.69) is 125 Å². The summed E-state index contributed by atoms with van der Waals surface area (Å²) in [6.45, 7) is 14.7. The zero-order valence-electron chi connectivity index (χ0n) is 22.4. The Labute approximate surface area is 222 Å². The molecule has 0 bridgehead atoms. The van der Waals surface area contributed by atoms with Crippen LogP contribution in [-0.4, -0.2) is 23.2 Å². The fourth-order valence-electron chi connectivity index (χ4n) is 5.13. The smallest absolute Gasteiger partial charge is 0.403 e. The van der Waals surface area contributed by atoms with Gasteiger partial charge >= 0.3 is 7.12 Å². The third kappa shape index (κ3) is 6.06. The topological polar surface area (TPSA) is 21.7 Å². The zero-order valence-corrected chi connectivity index (χ0v) is 23.2. The Morgan fingerprint density at radius 1 is 0.750 bits per heavy atom. The molecule has 5 heteroatoms. The van der Waals surface area contributed by atoms with Gasteiger partial charge < -0.3 is 9.31 Å². The monoisotopic (exact) mass is 503 g/mol. The lowest BCUT2D eigenvalue weighted by molar-refractivity contribution is 0.00578. The number of benzene rings is 3. The van der Waals surface area contributed by atoms with E-state index >= 15 is 0 Å². The third-order valence-corrected chi connectivity index (χ3v) is 8.00. The Morgan fingerprint density at radius 3 is 1.69 bits per heavy atom. The van der Waals surface area contributed by atoms with E-state index in [4.69, 9.17) is 20.9 Å². The number of halogens is 1. The second kappa shape index (κ2) is 11.1. The molecule has 0 spiro atoms. The summed E-state index contributed by atoms with van der Waals surface area (Å²) in [4.78, 5) is 2.56. The average Bonchev–Trinajstić information content (AvgIpc) is 3.04. The van der Waals surface area contributed by atoms with E-state index in [0.717, 1.165) is 18.1 Å². The Hall–Kier alpha value is -2.11. The molecule has 1 aliphatic heterocycles. The van der Waals surface area contributed by atoms with Gasteiger partial charge in [-0.3, -0.25) is 4.90 Å². The first kappa shape index (κ1) is 26.9. The first-order valence-electron chi connectivity index (χ1n) is 13.0. The molecule has 1 heterocycles. The Balaban J connectivity index is 1.82. The van der Waals surface area contributed by atoms with Gasteiger partial charge in [0.15, 0.2) is 0 Å². The number of nitrogens with zero attached hydrogens (tertiary/aromatic N) is 1. The van der Waals surface area contributed by atoms with E-state index in [1.807, 2.05) is 6.07 Å². The van der Waals surface area contributed by atoms with Crippen LogP contribution >= 0.6 is 11.6 Å². The first-order chi connectivity index (χ1) is 17.1. The van der Waals surface area contributed by atoms with Crippen molar-refractivity contribution in [3.63, 3.8) is 0 Å². The van der Waals surface area contributed by atoms with Gasteiger partial charge in [0.2, 0.25) is 0 Å². The van der Waals surface area contributed by atoms with Gasteiger partial charge in [0.25, 0.3) is 0 Å². The molecule has 36 heavy (non-hydrogen) atoms. The van der Waals surface area contributed by atoms with Crippen molar-refractivity contribution >= 4 is 18.7 Å². The molecule has 3 nitrogen and oxygen atoms in total. The highest BCUT2D eigenvalue weighted by Crippen LogP contribution is 2.49. The molecule has 1 aliphatic rings. The summed E-state index contributed by atoms with van der Waals surface area (Å²) in [6.07, 6.45) is 0. The molecule has 3 aromatic carbocycles. The van der Waals surface area contributed by atoms with Gasteiger partial charge in [0.05, 0.1) is 11.2 Å². The summed E-state index contributed by atoms with van der Waals surface area (Å²) >= 11 is 6.57. The minimum Gasteiger partial charge on any atom is -0.403 e. The molecule has 1 fully saturated rings. The van der Waals surface area contributed by atoms with Crippen molar-refractivity contribution < 1.29 is 9.31 Å². The van der Waals surface area contributed by atoms with E-state index in [-0.39, 0.29) is 19.0 Å². The normalized spacial score (nSPS) is 18.5. The first-order valence-corrected chi connectivity index (χ1v) is 13.4. The predicted molar refractivity (Wildman–Crippen MR) is 151 cm³/mol. The lowest BCUT2D eigenvalue weighted by atomic mass is 9.60. The fraction of sp³-hybridized carbons (Fsp3) is 0.419. The molecular weight excluding hydrogens is 465 g/mol. The van der Waals surface area contributed by atoms with Crippen molar-refractivity contribution in [3.8, 4) is 0 Å². The highest BCUT2D eigenvalue weighted by molar-refractivity contribution is 6.47. The molecule has 3 aromatic rings. The molecule has 0 N–H and O–H groups in total. The number of rotatable bonds is 9. The van der Waals surface area contributed by atoms with Crippen molar-refractivity contribution in [1.29, 1.82) is 0 Å². The minimum absolute atomic E-state index is 0.0267. The van der Waals surface area contributed by atoms with Crippen molar-refractivity contribution in [3.05, 3.63) is 107 Å². The molecule has 0 aliphatic carbocycles. The highest BCUT2D eigenvalue weighted by Gasteiger charge is 2.56. The summed E-state index contributed by atoms with van der Waals surface area (Å²) in [5.41, 5.74) is 2.94. The molecular formula is C31H39BClNO2. The molecule has 0 aromatic heterocycles. The van der Waals surface area contributed by atoms with E-state index in [9.17, 15) is 0 Å². The van der Waals surface area contributed by atoms with Crippen LogP contribution in [0.4, 0.5) is 0 Å². The Morgan fingerprint density at radius 2 is 1.25 bits per heavy atom. The van der Waals surface area contributed by atoms with Crippen LogP contribution in [0.25, 0.3) is 0 Å². The Bertz CT molecular complexity index is 1060. The standard InChI is InChI=1S/C31H39BClNO2/c1-23(2)28(32-35-30(3,4)31(5,6)36-32)29(26-18-13-19-27(33)20-26)34(21-24-14-9-7-10-15-24)22-25-16-11-8-12-17-25/h7-20,23,28-29H,21-22H2,1-6H3/t28-,29-/m1/s1. The molecule has 2 atom stereocenters. The van der Waals surface area contributed by atoms with Crippen molar-refractivity contribution in [1.82, 2.24) is 4.90 Å². The van der Waals surface area contributed by atoms with Gasteiger partial charge in [-0.1, -0.05) is 98.2 Å². The largest absolute Gasteiger partial charge is 0.463 e. The van der Waals surface area contributed by atoms with Crippen molar-refractivity contribution in [2.45, 2.75) is 77.7 Å². The lowest BCUT2D eigenvalue weighted by Gasteiger charge is -2.40. The van der Waals surface area contributed by atoms with Gasteiger partial charge in [-0.2, -0.15) is 0 Å². The van der Waals surface area contributed by atoms with Crippen molar-refractivity contribution in [2.24, 2.45) is 5.92 Å². The van der Waals surface area contributed by atoms with Gasteiger partial charge in [0.1, 0.15) is 0 Å². The van der Waals surface area contributed by atoms with E-state index in [1.165, 1.54) is 16.7 Å². The maximum Gasteiger partial charge on any atom is 0.463 e. The number of hydrogen-bond donors (Lipinski definition) is 0. The predicted octanol–water partition coefficient (Wildman–Crippen LogP) is 8.20. The molecule has 0 amide bonds. The average molecular weight is 504 g/mol. The molecule has 0 unspecified atom stereocenters. The van der Waals surface area contributed by atoms with Crippen molar-refractivity contribution in [2.75, 3.05) is 0 Å². The maximum atomic E-state index is 6.69. The highest BCUT2D eigenvalue weighted by atomic mass is 35.5. The molecule has 0 radical (unpaired) electrons. The zero-order chi connectivity index (χ0) is 25.9. The molecule has 0 saturated carbocycles. The summed E-state index contributed by atoms with van der Waals surface area (Å²) in [5.74, 6) is 0.384. The Kier molecular flexibility index (Phi) is 8.31. The molecule has 190 valence electrons. The van der Waals surface area contributed by atoms with E-state index < -0.39 is 11.2 Å². The van der Waals surface area contributed by atoms with Crippen LogP contribution in [0.15, 0.2) is 84.9 Å². The van der Waals surface area contributed by atoms with Crippen LogP contribution in [0.3, 0.4) is 0 Å². The van der Waals surface area contributed by atoms with Gasteiger partial charge in [-0.15, -0.1) is 0 Å². The van der Waals surface area contributed by atoms with E-state index in [0.29, 0.717) is 5.92 Å². The van der Waals surface area contributed by atoms with Gasteiger partial charge in [-0.25, -0.2) is 0 Å². The van der Waals surface area contributed by atoms with E-state index in [1.54, 1.807) is 0 Å². The second-order valence-electron chi connectivity index (χ2n) is 11.3. The van der Waals surface area contributed by atoms with Crippen LogP contribution in [0.5, 0.6) is 0 Å². The maximum absolute atomic E-state index is 6.69. The van der Waals surface area contributed by atoms with Crippen LogP contribution in [0, 0.1) is 5.92 Å². The van der Waals surface area contributed by atoms with Crippen LogP contribution in [0.2, 0.25) is 10.8 Å². The summed E-state index contributed by atoms with van der Waals surface area (Å²) in [5, 5.41) is 0.744. The second-order valence-corrected chi connectivity index (χ2v) is 11.8.